The van der Waals surface area contributed by atoms with Crippen molar-refractivity contribution in [3.05, 3.63) is 88.1 Å². The van der Waals surface area contributed by atoms with E-state index >= 15 is 0 Å². The summed E-state index contributed by atoms with van der Waals surface area (Å²) in [6, 6.07) is 19.5. The minimum Gasteiger partial charge on any atom is -0.378 e. The van der Waals surface area contributed by atoms with Crippen LogP contribution in [0.2, 0.25) is 0 Å². The molecule has 3 heterocycles. The number of piperazine rings is 1. The highest BCUT2D eigenvalue weighted by Gasteiger charge is 2.31. The minimum atomic E-state index is -0.207. The fourth-order valence-corrected chi connectivity index (χ4v) is 5.12. The van der Waals surface area contributed by atoms with Gasteiger partial charge in [-0.15, -0.1) is 16.4 Å². The van der Waals surface area contributed by atoms with Crippen molar-refractivity contribution < 1.29 is 4.39 Å². The van der Waals surface area contributed by atoms with E-state index in [1.165, 1.54) is 22.6 Å². The maximum atomic E-state index is 13.4. The molecule has 2 aromatic heterocycles. The Morgan fingerprint density at radius 1 is 0.971 bits per heavy atom. The topological polar surface area (TPSA) is 53.3 Å². The van der Waals surface area contributed by atoms with Crippen LogP contribution in [-0.4, -0.2) is 65.4 Å². The van der Waals surface area contributed by atoms with Crippen LogP contribution < -0.4 is 9.80 Å². The summed E-state index contributed by atoms with van der Waals surface area (Å²) in [5, 5.41) is 14.9. The van der Waals surface area contributed by atoms with Gasteiger partial charge in [-0.1, -0.05) is 18.2 Å². The standard InChI is InChI=1S/C25H28FN7S/c1-30(2)21-9-5-19(6-10-21)24(25-27-28-29-33(25)18-23-4-3-17-34-23)32-15-13-31(14-16-32)22-11-7-20(26)8-12-22/h3-12,17,24H,13-16,18H2,1-2H3/t24-/m1/s1. The smallest absolute Gasteiger partial charge is 0.173 e. The van der Waals surface area contributed by atoms with Crippen molar-refractivity contribution in [2.24, 2.45) is 0 Å². The second kappa shape index (κ2) is 9.90. The summed E-state index contributed by atoms with van der Waals surface area (Å²) >= 11 is 1.71. The van der Waals surface area contributed by atoms with Gasteiger partial charge in [-0.25, -0.2) is 9.07 Å². The molecule has 34 heavy (non-hydrogen) atoms. The molecule has 7 nitrogen and oxygen atoms in total. The molecule has 176 valence electrons. The van der Waals surface area contributed by atoms with Gasteiger partial charge < -0.3 is 9.80 Å². The largest absolute Gasteiger partial charge is 0.378 e. The highest BCUT2D eigenvalue weighted by Crippen LogP contribution is 2.31. The predicted molar refractivity (Wildman–Crippen MR) is 134 cm³/mol. The second-order valence-electron chi connectivity index (χ2n) is 8.66. The molecule has 1 fully saturated rings. The first kappa shape index (κ1) is 22.5. The Morgan fingerprint density at radius 2 is 1.71 bits per heavy atom. The zero-order valence-electron chi connectivity index (χ0n) is 19.4. The average Bonchev–Trinajstić information content (AvgIpc) is 3.54. The molecular weight excluding hydrogens is 449 g/mol. The Kier molecular flexibility index (Phi) is 6.55. The lowest BCUT2D eigenvalue weighted by Gasteiger charge is -2.40. The molecule has 9 heteroatoms. The lowest BCUT2D eigenvalue weighted by atomic mass is 10.0. The van der Waals surface area contributed by atoms with Crippen LogP contribution in [0.3, 0.4) is 0 Å². The lowest BCUT2D eigenvalue weighted by molar-refractivity contribution is 0.201. The first-order chi connectivity index (χ1) is 16.6. The van der Waals surface area contributed by atoms with Crippen LogP contribution in [0, 0.1) is 5.82 Å². The Hall–Kier alpha value is -3.30. The number of rotatable bonds is 7. The van der Waals surface area contributed by atoms with Crippen LogP contribution in [-0.2, 0) is 6.54 Å². The molecule has 0 spiro atoms. The SMILES string of the molecule is CN(C)c1ccc([C@H](c2nnnn2Cc2cccs2)N2CCN(c3ccc(F)cc3)CC2)cc1. The van der Waals surface area contributed by atoms with Crippen LogP contribution >= 0.6 is 11.3 Å². The van der Waals surface area contributed by atoms with Crippen LogP contribution in [0.5, 0.6) is 0 Å². The van der Waals surface area contributed by atoms with E-state index in [9.17, 15) is 4.39 Å². The molecule has 1 aliphatic heterocycles. The third-order valence-electron chi connectivity index (χ3n) is 6.29. The van der Waals surface area contributed by atoms with Gasteiger partial charge in [0.15, 0.2) is 5.82 Å². The van der Waals surface area contributed by atoms with Crippen LogP contribution in [0.4, 0.5) is 15.8 Å². The van der Waals surface area contributed by atoms with E-state index in [-0.39, 0.29) is 11.9 Å². The second-order valence-corrected chi connectivity index (χ2v) is 9.69. The summed E-state index contributed by atoms with van der Waals surface area (Å²) in [5.41, 5.74) is 3.38. The summed E-state index contributed by atoms with van der Waals surface area (Å²) < 4.78 is 15.3. The highest BCUT2D eigenvalue weighted by molar-refractivity contribution is 7.09. The maximum Gasteiger partial charge on any atom is 0.173 e. The molecule has 0 saturated carbocycles. The number of thiophene rings is 1. The number of hydrogen-bond acceptors (Lipinski definition) is 7. The molecule has 1 atom stereocenters. The zero-order chi connectivity index (χ0) is 23.5. The van der Waals surface area contributed by atoms with Crippen LogP contribution in [0.1, 0.15) is 22.3 Å². The number of halogens is 1. The summed E-state index contributed by atoms with van der Waals surface area (Å²) in [4.78, 5) is 8.07. The number of benzene rings is 2. The van der Waals surface area contributed by atoms with Gasteiger partial charge in [0.1, 0.15) is 5.82 Å². The summed E-state index contributed by atoms with van der Waals surface area (Å²) in [6.07, 6.45) is 0. The van der Waals surface area contributed by atoms with Gasteiger partial charge in [-0.3, -0.25) is 4.90 Å². The molecule has 5 rings (SSSR count). The Bertz CT molecular complexity index is 1180. The van der Waals surface area contributed by atoms with Crippen molar-refractivity contribution >= 4 is 22.7 Å². The first-order valence-corrected chi connectivity index (χ1v) is 12.3. The van der Waals surface area contributed by atoms with Gasteiger partial charge in [-0.2, -0.15) is 0 Å². The molecule has 0 unspecified atom stereocenters. The van der Waals surface area contributed by atoms with Crippen molar-refractivity contribution in [1.29, 1.82) is 0 Å². The van der Waals surface area contributed by atoms with E-state index < -0.39 is 0 Å². The van der Waals surface area contributed by atoms with Crippen LogP contribution in [0.15, 0.2) is 66.0 Å². The van der Waals surface area contributed by atoms with Crippen molar-refractivity contribution in [1.82, 2.24) is 25.1 Å². The van der Waals surface area contributed by atoms with E-state index in [2.05, 4.69) is 72.0 Å². The summed E-state index contributed by atoms with van der Waals surface area (Å²) in [6.45, 7) is 4.06. The maximum absolute atomic E-state index is 13.4. The third-order valence-corrected chi connectivity index (χ3v) is 7.15. The molecule has 0 amide bonds. The van der Waals surface area contributed by atoms with Gasteiger partial charge in [0, 0.05) is 56.5 Å². The first-order valence-electron chi connectivity index (χ1n) is 11.4. The number of hydrogen-bond donors (Lipinski definition) is 0. The van der Waals surface area contributed by atoms with E-state index in [0.29, 0.717) is 6.54 Å². The molecule has 0 bridgehead atoms. The summed E-state index contributed by atoms with van der Waals surface area (Å²) in [5.74, 6) is 0.641. The Balaban J connectivity index is 1.42. The summed E-state index contributed by atoms with van der Waals surface area (Å²) in [7, 11) is 4.09. The van der Waals surface area contributed by atoms with Gasteiger partial charge in [-0.05, 0) is 63.8 Å². The van der Waals surface area contributed by atoms with Crippen molar-refractivity contribution in [3.63, 3.8) is 0 Å². The molecule has 2 aromatic carbocycles. The Labute approximate surface area is 203 Å². The van der Waals surface area contributed by atoms with Gasteiger partial charge in [0.2, 0.25) is 0 Å². The molecule has 4 aromatic rings. The normalized spacial score (nSPS) is 15.4. The lowest BCUT2D eigenvalue weighted by Crippen LogP contribution is -2.48. The average molecular weight is 478 g/mol. The highest BCUT2D eigenvalue weighted by atomic mass is 32.1. The zero-order valence-corrected chi connectivity index (χ0v) is 20.2. The molecular formula is C25H28FN7S. The van der Waals surface area contributed by atoms with Gasteiger partial charge >= 0.3 is 0 Å². The van der Waals surface area contributed by atoms with Crippen molar-refractivity contribution in [2.75, 3.05) is 50.1 Å². The fraction of sp³-hybridized carbons (Fsp3) is 0.320. The fourth-order valence-electron chi connectivity index (χ4n) is 4.44. The van der Waals surface area contributed by atoms with Crippen molar-refractivity contribution in [3.8, 4) is 0 Å². The quantitative estimate of drug-likeness (QED) is 0.403. The molecule has 1 aliphatic rings. The van der Waals surface area contributed by atoms with E-state index in [0.717, 1.165) is 43.4 Å². The van der Waals surface area contributed by atoms with Crippen LogP contribution in [0.25, 0.3) is 0 Å². The van der Waals surface area contributed by atoms with E-state index in [4.69, 9.17) is 0 Å². The molecule has 0 aliphatic carbocycles. The van der Waals surface area contributed by atoms with Gasteiger partial charge in [0.25, 0.3) is 0 Å². The molecule has 1 saturated heterocycles. The number of anilines is 2. The monoisotopic (exact) mass is 477 g/mol. The number of tetrazole rings is 1. The molecule has 0 N–H and O–H groups in total. The number of nitrogens with zero attached hydrogens (tertiary/aromatic N) is 7. The van der Waals surface area contributed by atoms with E-state index in [1.54, 1.807) is 11.3 Å². The molecule has 0 radical (unpaired) electrons. The predicted octanol–water partition coefficient (Wildman–Crippen LogP) is 3.90. The van der Waals surface area contributed by atoms with E-state index in [1.807, 2.05) is 30.9 Å². The third kappa shape index (κ3) is 4.80. The van der Waals surface area contributed by atoms with Crippen molar-refractivity contribution in [2.45, 2.75) is 12.6 Å². The Morgan fingerprint density at radius 3 is 2.35 bits per heavy atom. The van der Waals surface area contributed by atoms with Gasteiger partial charge in [0.05, 0.1) is 12.6 Å². The number of aromatic nitrogens is 4. The minimum absolute atomic E-state index is 0.0541.